The molecule has 7 nitrogen and oxygen atoms in total. The van der Waals surface area contributed by atoms with Crippen LogP contribution in [-0.4, -0.2) is 70.1 Å². The molecular formula is C23H36N2O5. The van der Waals surface area contributed by atoms with Gasteiger partial charge in [-0.15, -0.1) is 0 Å². The van der Waals surface area contributed by atoms with E-state index in [1.807, 2.05) is 16.7 Å². The van der Waals surface area contributed by atoms with Gasteiger partial charge in [0.25, 0.3) is 5.91 Å². The fourth-order valence-corrected chi connectivity index (χ4v) is 6.68. The lowest BCUT2D eigenvalue weighted by molar-refractivity contribution is -0.160. The molecule has 0 spiro atoms. The fraction of sp³-hybridized carbons (Fsp3) is 0.870. The largest absolute Gasteiger partial charge is 0.481 e. The predicted molar refractivity (Wildman–Crippen MR) is 111 cm³/mol. The first-order valence-corrected chi connectivity index (χ1v) is 11.8. The Bertz CT molecular complexity index is 669. The minimum atomic E-state index is -0.663. The van der Waals surface area contributed by atoms with Gasteiger partial charge in [-0.3, -0.25) is 14.4 Å². The summed E-state index contributed by atoms with van der Waals surface area (Å²) in [6.45, 7) is 4.93. The molecule has 2 saturated carbocycles. The number of fused-ring (bicyclic) bond motifs is 1. The Morgan fingerprint density at radius 3 is 2.23 bits per heavy atom. The average molecular weight is 421 g/mol. The van der Waals surface area contributed by atoms with Gasteiger partial charge in [0.05, 0.1) is 18.0 Å². The zero-order valence-electron chi connectivity index (χ0n) is 18.3. The number of aliphatic carboxylic acids is 1. The summed E-state index contributed by atoms with van der Waals surface area (Å²) in [4.78, 5) is 41.1. The Kier molecular flexibility index (Phi) is 6.37. The summed E-state index contributed by atoms with van der Waals surface area (Å²) in [6, 6.07) is 0.164. The van der Waals surface area contributed by atoms with Crippen molar-refractivity contribution in [2.45, 2.75) is 95.9 Å². The molecule has 5 atom stereocenters. The lowest BCUT2D eigenvalue weighted by atomic mass is 9.68. The molecule has 1 N–H and O–H groups in total. The van der Waals surface area contributed by atoms with Crippen LogP contribution in [0.5, 0.6) is 0 Å². The Hall–Kier alpha value is -1.63. The second kappa shape index (κ2) is 8.85. The van der Waals surface area contributed by atoms with Gasteiger partial charge >= 0.3 is 5.97 Å². The normalized spacial score (nSPS) is 39.5. The van der Waals surface area contributed by atoms with Gasteiger partial charge in [0.15, 0.2) is 0 Å². The van der Waals surface area contributed by atoms with Gasteiger partial charge in [-0.2, -0.15) is 0 Å². The summed E-state index contributed by atoms with van der Waals surface area (Å²) >= 11 is 0. The van der Waals surface area contributed by atoms with Gasteiger partial charge in [-0.25, -0.2) is 0 Å². The molecule has 4 fully saturated rings. The lowest BCUT2D eigenvalue weighted by Gasteiger charge is -2.55. The summed E-state index contributed by atoms with van der Waals surface area (Å²) in [6.07, 6.45) is 7.75. The SMILES string of the molecule is CC(=O)N1C2CCC(C3CCC(C(=O)O)CC3)CC2N(C(=O)C2CCCO2)C[C@@H]1C. The highest BCUT2D eigenvalue weighted by atomic mass is 16.5. The number of nitrogens with zero attached hydrogens (tertiary/aromatic N) is 2. The molecule has 0 aromatic carbocycles. The number of carboxylic acids is 1. The average Bonchev–Trinajstić information content (AvgIpc) is 3.27. The van der Waals surface area contributed by atoms with Crippen LogP contribution in [0.4, 0.5) is 0 Å². The van der Waals surface area contributed by atoms with E-state index >= 15 is 0 Å². The number of carbonyl (C=O) groups is 3. The lowest BCUT2D eigenvalue weighted by Crippen LogP contribution is -2.68. The highest BCUT2D eigenvalue weighted by Crippen LogP contribution is 2.44. The molecule has 4 aliphatic rings. The van der Waals surface area contributed by atoms with Gasteiger partial charge in [-0.1, -0.05) is 0 Å². The van der Waals surface area contributed by atoms with Gasteiger partial charge < -0.3 is 19.6 Å². The molecule has 4 unspecified atom stereocenters. The van der Waals surface area contributed by atoms with E-state index in [2.05, 4.69) is 0 Å². The highest BCUT2D eigenvalue weighted by molar-refractivity contribution is 5.82. The molecule has 0 aromatic rings. The number of carbonyl (C=O) groups excluding carboxylic acids is 2. The quantitative estimate of drug-likeness (QED) is 0.759. The van der Waals surface area contributed by atoms with Gasteiger partial charge in [-0.05, 0) is 76.5 Å². The first kappa shape index (κ1) is 21.6. The first-order valence-electron chi connectivity index (χ1n) is 11.8. The van der Waals surface area contributed by atoms with E-state index in [4.69, 9.17) is 4.74 Å². The van der Waals surface area contributed by atoms with Crippen molar-refractivity contribution in [2.75, 3.05) is 13.2 Å². The van der Waals surface area contributed by atoms with E-state index in [-0.39, 0.29) is 42.0 Å². The van der Waals surface area contributed by atoms with E-state index in [0.717, 1.165) is 57.8 Å². The molecular weight excluding hydrogens is 384 g/mol. The molecule has 2 aliphatic heterocycles. The van der Waals surface area contributed by atoms with E-state index in [9.17, 15) is 19.5 Å². The number of ether oxygens (including phenoxy) is 1. The molecule has 2 amide bonds. The third kappa shape index (κ3) is 4.10. The van der Waals surface area contributed by atoms with Crippen LogP contribution in [0.1, 0.15) is 71.6 Å². The maximum atomic E-state index is 13.3. The van der Waals surface area contributed by atoms with E-state index in [1.165, 1.54) is 0 Å². The summed E-state index contributed by atoms with van der Waals surface area (Å²) in [5.74, 6) is 0.382. The summed E-state index contributed by atoms with van der Waals surface area (Å²) in [7, 11) is 0. The second-order valence-corrected chi connectivity index (χ2v) is 9.93. The standard InChI is InChI=1S/C23H36N2O5/c1-14-13-24(22(27)21-4-3-11-30-21)20-12-18(9-10-19(20)25(14)15(2)26)16-5-7-17(8-6-16)23(28)29/h14,16-21H,3-13H2,1-2H3,(H,28,29)/t14-,16?,17?,18?,19?,20?,21?/m0/s1. The maximum Gasteiger partial charge on any atom is 0.306 e. The Morgan fingerprint density at radius 1 is 0.933 bits per heavy atom. The Labute approximate surface area is 179 Å². The van der Waals surface area contributed by atoms with Crippen molar-refractivity contribution in [2.24, 2.45) is 17.8 Å². The van der Waals surface area contributed by atoms with Crippen molar-refractivity contribution in [3.05, 3.63) is 0 Å². The minimum Gasteiger partial charge on any atom is -0.481 e. The van der Waals surface area contributed by atoms with Crippen LogP contribution in [0.2, 0.25) is 0 Å². The fourth-order valence-electron chi connectivity index (χ4n) is 6.68. The van der Waals surface area contributed by atoms with Crippen LogP contribution >= 0.6 is 0 Å². The second-order valence-electron chi connectivity index (χ2n) is 9.93. The van der Waals surface area contributed by atoms with Crippen LogP contribution in [0.15, 0.2) is 0 Å². The first-order chi connectivity index (χ1) is 14.4. The van der Waals surface area contributed by atoms with Crippen molar-refractivity contribution < 1.29 is 24.2 Å². The summed E-state index contributed by atoms with van der Waals surface area (Å²) in [5, 5.41) is 9.30. The number of piperazine rings is 1. The van der Waals surface area contributed by atoms with E-state index < -0.39 is 5.97 Å². The smallest absolute Gasteiger partial charge is 0.306 e. The van der Waals surface area contributed by atoms with Crippen molar-refractivity contribution in [1.29, 1.82) is 0 Å². The van der Waals surface area contributed by atoms with Gasteiger partial charge in [0.2, 0.25) is 5.91 Å². The molecule has 0 aromatic heterocycles. The van der Waals surface area contributed by atoms with E-state index in [1.54, 1.807) is 6.92 Å². The number of amides is 2. The van der Waals surface area contributed by atoms with Crippen molar-refractivity contribution in [1.82, 2.24) is 9.80 Å². The molecule has 30 heavy (non-hydrogen) atoms. The van der Waals surface area contributed by atoms with Gasteiger partial charge in [0, 0.05) is 26.1 Å². The Morgan fingerprint density at radius 2 is 1.63 bits per heavy atom. The molecule has 4 rings (SSSR count). The maximum absolute atomic E-state index is 13.3. The Balaban J connectivity index is 1.50. The highest BCUT2D eigenvalue weighted by Gasteiger charge is 2.48. The summed E-state index contributed by atoms with van der Waals surface area (Å²) in [5.41, 5.74) is 0. The molecule has 2 aliphatic carbocycles. The number of hydrogen-bond acceptors (Lipinski definition) is 4. The molecule has 2 saturated heterocycles. The number of hydrogen-bond donors (Lipinski definition) is 1. The molecule has 0 radical (unpaired) electrons. The molecule has 0 bridgehead atoms. The predicted octanol–water partition coefficient (Wildman–Crippen LogP) is 2.67. The number of rotatable bonds is 3. The van der Waals surface area contributed by atoms with Crippen LogP contribution in [0.25, 0.3) is 0 Å². The van der Waals surface area contributed by atoms with Crippen molar-refractivity contribution in [3.8, 4) is 0 Å². The molecule has 168 valence electrons. The third-order valence-corrected chi connectivity index (χ3v) is 8.15. The van der Waals surface area contributed by atoms with Crippen molar-refractivity contribution in [3.63, 3.8) is 0 Å². The van der Waals surface area contributed by atoms with Crippen LogP contribution in [-0.2, 0) is 19.1 Å². The zero-order valence-corrected chi connectivity index (χ0v) is 18.3. The summed E-state index contributed by atoms with van der Waals surface area (Å²) < 4.78 is 5.71. The zero-order chi connectivity index (χ0) is 21.4. The van der Waals surface area contributed by atoms with Crippen LogP contribution in [0.3, 0.4) is 0 Å². The molecule has 2 heterocycles. The van der Waals surface area contributed by atoms with Crippen LogP contribution < -0.4 is 0 Å². The monoisotopic (exact) mass is 420 g/mol. The van der Waals surface area contributed by atoms with Crippen LogP contribution in [0, 0.1) is 17.8 Å². The van der Waals surface area contributed by atoms with E-state index in [0.29, 0.717) is 25.0 Å². The third-order valence-electron chi connectivity index (χ3n) is 8.15. The minimum absolute atomic E-state index is 0.0247. The number of carboxylic acid groups (broad SMARTS) is 1. The van der Waals surface area contributed by atoms with Crippen molar-refractivity contribution >= 4 is 17.8 Å². The van der Waals surface area contributed by atoms with Gasteiger partial charge in [0.1, 0.15) is 6.10 Å². The molecule has 7 heteroatoms. The topological polar surface area (TPSA) is 87.2 Å².